The predicted octanol–water partition coefficient (Wildman–Crippen LogP) is 3.32. The van der Waals surface area contributed by atoms with E-state index < -0.39 is 46.8 Å². The lowest BCUT2D eigenvalue weighted by molar-refractivity contribution is -0.122. The van der Waals surface area contributed by atoms with Gasteiger partial charge in [-0.05, 0) is 42.8 Å². The summed E-state index contributed by atoms with van der Waals surface area (Å²) in [4.78, 5) is 24.0. The molecular formula is C17H13F3N2O2. The van der Waals surface area contributed by atoms with E-state index in [1.54, 1.807) is 0 Å². The van der Waals surface area contributed by atoms with Gasteiger partial charge in [0, 0.05) is 5.69 Å². The fourth-order valence-electron chi connectivity index (χ4n) is 2.38. The summed E-state index contributed by atoms with van der Waals surface area (Å²) in [6.45, 7) is 0. The largest absolute Gasteiger partial charge is 0.326 e. The van der Waals surface area contributed by atoms with Crippen LogP contribution in [0.5, 0.6) is 0 Å². The molecule has 0 aromatic heterocycles. The summed E-state index contributed by atoms with van der Waals surface area (Å²) in [6.07, 6.45) is 0.287. The third-order valence-electron chi connectivity index (χ3n) is 3.79. The fourth-order valence-corrected chi connectivity index (χ4v) is 2.38. The van der Waals surface area contributed by atoms with E-state index in [2.05, 4.69) is 10.6 Å². The van der Waals surface area contributed by atoms with Crippen LogP contribution < -0.4 is 10.6 Å². The Labute approximate surface area is 135 Å². The van der Waals surface area contributed by atoms with Gasteiger partial charge in [0.05, 0.1) is 11.8 Å². The summed E-state index contributed by atoms with van der Waals surface area (Å²) in [5, 5.41) is 4.75. The van der Waals surface area contributed by atoms with Gasteiger partial charge >= 0.3 is 0 Å². The Morgan fingerprint density at radius 1 is 0.833 bits per heavy atom. The van der Waals surface area contributed by atoms with Gasteiger partial charge in [0.25, 0.3) is 0 Å². The van der Waals surface area contributed by atoms with Gasteiger partial charge in [-0.3, -0.25) is 9.59 Å². The van der Waals surface area contributed by atoms with Crippen LogP contribution in [0.25, 0.3) is 0 Å². The molecule has 0 radical (unpaired) electrons. The van der Waals surface area contributed by atoms with Gasteiger partial charge in [0.2, 0.25) is 11.8 Å². The summed E-state index contributed by atoms with van der Waals surface area (Å²) in [6, 6.07) is 8.46. The Kier molecular flexibility index (Phi) is 4.24. The molecule has 124 valence electrons. The lowest BCUT2D eigenvalue weighted by atomic mass is 10.2. The van der Waals surface area contributed by atoms with Crippen LogP contribution in [0.15, 0.2) is 42.5 Å². The molecule has 2 aromatic rings. The van der Waals surface area contributed by atoms with E-state index in [1.807, 2.05) is 0 Å². The van der Waals surface area contributed by atoms with Crippen molar-refractivity contribution in [3.05, 3.63) is 59.9 Å². The molecule has 0 saturated heterocycles. The van der Waals surface area contributed by atoms with Crippen molar-refractivity contribution < 1.29 is 22.8 Å². The van der Waals surface area contributed by atoms with Crippen molar-refractivity contribution in [2.75, 3.05) is 10.6 Å². The van der Waals surface area contributed by atoms with Crippen molar-refractivity contribution in [2.45, 2.75) is 6.42 Å². The monoisotopic (exact) mass is 334 g/mol. The zero-order chi connectivity index (χ0) is 17.3. The second-order valence-electron chi connectivity index (χ2n) is 5.53. The zero-order valence-electron chi connectivity index (χ0n) is 12.4. The molecular weight excluding hydrogens is 321 g/mol. The highest BCUT2D eigenvalue weighted by Gasteiger charge is 2.48. The van der Waals surface area contributed by atoms with E-state index in [0.717, 1.165) is 12.1 Å². The van der Waals surface area contributed by atoms with Crippen molar-refractivity contribution in [3.63, 3.8) is 0 Å². The first-order valence-corrected chi connectivity index (χ1v) is 7.27. The molecule has 2 atom stereocenters. The van der Waals surface area contributed by atoms with Gasteiger partial charge in [-0.2, -0.15) is 0 Å². The highest BCUT2D eigenvalue weighted by molar-refractivity contribution is 6.03. The number of anilines is 2. The van der Waals surface area contributed by atoms with Crippen LogP contribution in [0, 0.1) is 29.3 Å². The number of hydrogen-bond donors (Lipinski definition) is 2. The minimum absolute atomic E-state index is 0.287. The molecule has 7 heteroatoms. The summed E-state index contributed by atoms with van der Waals surface area (Å²) < 4.78 is 39.8. The maximum Gasteiger partial charge on any atom is 0.228 e. The number of para-hydroxylation sites is 1. The lowest BCUT2D eigenvalue weighted by Crippen LogP contribution is -2.21. The number of benzene rings is 2. The highest BCUT2D eigenvalue weighted by atomic mass is 19.1. The Morgan fingerprint density at radius 2 is 1.38 bits per heavy atom. The number of hydrogen-bond acceptors (Lipinski definition) is 2. The summed E-state index contributed by atoms with van der Waals surface area (Å²) in [5.74, 6) is -4.42. The summed E-state index contributed by atoms with van der Waals surface area (Å²) in [7, 11) is 0. The first-order valence-electron chi connectivity index (χ1n) is 7.27. The van der Waals surface area contributed by atoms with Gasteiger partial charge in [-0.15, -0.1) is 0 Å². The van der Waals surface area contributed by atoms with Crippen molar-refractivity contribution in [2.24, 2.45) is 11.8 Å². The topological polar surface area (TPSA) is 58.2 Å². The maximum atomic E-state index is 13.5. The number of carbonyl (C=O) groups excluding carboxylic acids is 2. The molecule has 4 nitrogen and oxygen atoms in total. The van der Waals surface area contributed by atoms with E-state index in [4.69, 9.17) is 0 Å². The van der Waals surface area contributed by atoms with Crippen molar-refractivity contribution in [1.82, 2.24) is 0 Å². The third-order valence-corrected chi connectivity index (χ3v) is 3.79. The number of rotatable bonds is 4. The fraction of sp³-hybridized carbons (Fsp3) is 0.176. The van der Waals surface area contributed by atoms with Crippen LogP contribution in [0.3, 0.4) is 0 Å². The molecule has 2 unspecified atom stereocenters. The van der Waals surface area contributed by atoms with Crippen molar-refractivity contribution in [3.8, 4) is 0 Å². The first-order chi connectivity index (χ1) is 11.5. The molecule has 1 fully saturated rings. The molecule has 0 aliphatic heterocycles. The second kappa shape index (κ2) is 6.35. The molecule has 1 saturated carbocycles. The molecule has 2 N–H and O–H groups in total. The van der Waals surface area contributed by atoms with Crippen molar-refractivity contribution in [1.29, 1.82) is 0 Å². The standard InChI is InChI=1S/C17H13F3N2O2/c18-9-4-6-10(7-5-9)21-16(23)11-8-12(11)17(24)22-15-13(19)2-1-3-14(15)20/h1-7,11-12H,8H2,(H,21,23)(H,22,24). The molecule has 2 amide bonds. The first kappa shape index (κ1) is 16.0. The van der Waals surface area contributed by atoms with Crippen LogP contribution in [-0.2, 0) is 9.59 Å². The van der Waals surface area contributed by atoms with Crippen molar-refractivity contribution >= 4 is 23.2 Å². The van der Waals surface area contributed by atoms with E-state index >= 15 is 0 Å². The van der Waals surface area contributed by atoms with E-state index in [0.29, 0.717) is 5.69 Å². The van der Waals surface area contributed by atoms with Gasteiger partial charge in [-0.1, -0.05) is 6.07 Å². The highest BCUT2D eigenvalue weighted by Crippen LogP contribution is 2.40. The molecule has 1 aliphatic carbocycles. The number of halogens is 3. The average Bonchev–Trinajstić information content (AvgIpc) is 3.34. The smallest absolute Gasteiger partial charge is 0.228 e. The predicted molar refractivity (Wildman–Crippen MR) is 81.6 cm³/mol. The summed E-state index contributed by atoms with van der Waals surface area (Å²) >= 11 is 0. The normalized spacial score (nSPS) is 18.8. The molecule has 0 spiro atoms. The van der Waals surface area contributed by atoms with Crippen LogP contribution >= 0.6 is 0 Å². The molecule has 1 aliphatic rings. The SMILES string of the molecule is O=C(Nc1ccc(F)cc1)C1CC1C(=O)Nc1c(F)cccc1F. The van der Waals surface area contributed by atoms with Gasteiger partial charge in [0.1, 0.15) is 23.1 Å². The van der Waals surface area contributed by atoms with E-state index in [1.165, 1.54) is 30.3 Å². The maximum absolute atomic E-state index is 13.5. The van der Waals surface area contributed by atoms with Crippen LogP contribution in [0.4, 0.5) is 24.5 Å². The minimum Gasteiger partial charge on any atom is -0.326 e. The van der Waals surface area contributed by atoms with E-state index in [-0.39, 0.29) is 6.42 Å². The minimum atomic E-state index is -0.878. The number of nitrogens with one attached hydrogen (secondary N) is 2. The second-order valence-corrected chi connectivity index (χ2v) is 5.53. The number of carbonyl (C=O) groups is 2. The Balaban J connectivity index is 1.59. The van der Waals surface area contributed by atoms with E-state index in [9.17, 15) is 22.8 Å². The van der Waals surface area contributed by atoms with Gasteiger partial charge in [-0.25, -0.2) is 13.2 Å². The lowest BCUT2D eigenvalue weighted by Gasteiger charge is -2.07. The van der Waals surface area contributed by atoms with Gasteiger partial charge in [0.15, 0.2) is 0 Å². The summed E-state index contributed by atoms with van der Waals surface area (Å²) in [5.41, 5.74) is -0.111. The molecule has 0 bridgehead atoms. The molecule has 2 aromatic carbocycles. The molecule has 0 heterocycles. The zero-order valence-corrected chi connectivity index (χ0v) is 12.4. The van der Waals surface area contributed by atoms with Gasteiger partial charge < -0.3 is 10.6 Å². The third kappa shape index (κ3) is 3.40. The molecule has 3 rings (SSSR count). The average molecular weight is 334 g/mol. The van der Waals surface area contributed by atoms with Crippen LogP contribution in [0.2, 0.25) is 0 Å². The number of amides is 2. The van der Waals surface area contributed by atoms with Crippen LogP contribution in [-0.4, -0.2) is 11.8 Å². The Bertz CT molecular complexity index is 773. The Hall–Kier alpha value is -2.83. The molecule has 24 heavy (non-hydrogen) atoms. The van der Waals surface area contributed by atoms with Crippen LogP contribution in [0.1, 0.15) is 6.42 Å². The Morgan fingerprint density at radius 3 is 1.96 bits per heavy atom. The quantitative estimate of drug-likeness (QED) is 0.901.